The van der Waals surface area contributed by atoms with Crippen LogP contribution in [0.4, 0.5) is 5.69 Å². The molecular formula is C13H10N2O3S. The Morgan fingerprint density at radius 3 is 2.89 bits per heavy atom. The van der Waals surface area contributed by atoms with E-state index in [4.69, 9.17) is 5.11 Å². The molecule has 2 heterocycles. The third-order valence-electron chi connectivity index (χ3n) is 2.19. The molecule has 96 valence electrons. The molecule has 0 radical (unpaired) electrons. The summed E-state index contributed by atoms with van der Waals surface area (Å²) in [5.41, 5.74) is 0.285. The summed E-state index contributed by atoms with van der Waals surface area (Å²) in [6, 6.07) is 6.62. The van der Waals surface area contributed by atoms with E-state index in [1.807, 2.05) is 17.5 Å². The highest BCUT2D eigenvalue weighted by molar-refractivity contribution is 7.10. The molecule has 1 amide bonds. The third kappa shape index (κ3) is 3.75. The van der Waals surface area contributed by atoms with Gasteiger partial charge in [0.05, 0.1) is 0 Å². The summed E-state index contributed by atoms with van der Waals surface area (Å²) in [5, 5.41) is 13.3. The van der Waals surface area contributed by atoms with Crippen molar-refractivity contribution in [1.82, 2.24) is 4.98 Å². The van der Waals surface area contributed by atoms with Crippen LogP contribution in [0.1, 0.15) is 15.4 Å². The molecule has 0 atom stereocenters. The van der Waals surface area contributed by atoms with E-state index in [0.29, 0.717) is 5.69 Å². The topological polar surface area (TPSA) is 79.3 Å². The summed E-state index contributed by atoms with van der Waals surface area (Å²) in [4.78, 5) is 27.0. The monoisotopic (exact) mass is 274 g/mol. The van der Waals surface area contributed by atoms with Gasteiger partial charge in [0, 0.05) is 22.8 Å². The van der Waals surface area contributed by atoms with Crippen LogP contribution in [0, 0.1) is 0 Å². The highest BCUT2D eigenvalue weighted by Gasteiger charge is 2.05. The molecule has 0 bridgehead atoms. The van der Waals surface area contributed by atoms with Gasteiger partial charge in [0.2, 0.25) is 5.91 Å². The second-order valence-corrected chi connectivity index (χ2v) is 4.55. The van der Waals surface area contributed by atoms with E-state index >= 15 is 0 Å². The van der Waals surface area contributed by atoms with Crippen LogP contribution >= 0.6 is 11.3 Å². The predicted molar refractivity (Wildman–Crippen MR) is 73.2 cm³/mol. The van der Waals surface area contributed by atoms with E-state index in [-0.39, 0.29) is 11.6 Å². The Morgan fingerprint density at radius 2 is 2.21 bits per heavy atom. The zero-order chi connectivity index (χ0) is 13.7. The van der Waals surface area contributed by atoms with Gasteiger partial charge in [0.15, 0.2) is 0 Å². The first kappa shape index (κ1) is 13.0. The van der Waals surface area contributed by atoms with Crippen molar-refractivity contribution in [3.05, 3.63) is 52.5 Å². The number of aromatic nitrogens is 1. The molecule has 5 nitrogen and oxygen atoms in total. The third-order valence-corrected chi connectivity index (χ3v) is 3.03. The lowest BCUT2D eigenvalue weighted by Gasteiger charge is -2.02. The number of thiophene rings is 1. The van der Waals surface area contributed by atoms with E-state index in [1.165, 1.54) is 35.7 Å². The number of amides is 1. The van der Waals surface area contributed by atoms with Gasteiger partial charge in [-0.05, 0) is 29.7 Å². The predicted octanol–water partition coefficient (Wildman–Crippen LogP) is 2.49. The van der Waals surface area contributed by atoms with E-state index in [9.17, 15) is 9.59 Å². The van der Waals surface area contributed by atoms with Crippen LogP contribution in [-0.2, 0) is 4.79 Å². The van der Waals surface area contributed by atoms with Crippen molar-refractivity contribution in [3.8, 4) is 0 Å². The van der Waals surface area contributed by atoms with Crippen molar-refractivity contribution in [2.75, 3.05) is 5.32 Å². The van der Waals surface area contributed by atoms with Gasteiger partial charge >= 0.3 is 5.97 Å². The van der Waals surface area contributed by atoms with Crippen molar-refractivity contribution < 1.29 is 14.7 Å². The van der Waals surface area contributed by atoms with E-state index in [1.54, 1.807) is 6.08 Å². The molecule has 6 heteroatoms. The zero-order valence-corrected chi connectivity index (χ0v) is 10.6. The molecule has 2 N–H and O–H groups in total. The number of carbonyl (C=O) groups is 2. The number of aromatic carboxylic acids is 1. The highest BCUT2D eigenvalue weighted by atomic mass is 32.1. The Balaban J connectivity index is 2.03. The maximum atomic E-state index is 11.6. The Kier molecular flexibility index (Phi) is 4.04. The molecule has 0 aliphatic carbocycles. The summed E-state index contributed by atoms with van der Waals surface area (Å²) in [7, 11) is 0. The molecule has 0 saturated heterocycles. The highest BCUT2D eigenvalue weighted by Crippen LogP contribution is 2.11. The first-order valence-electron chi connectivity index (χ1n) is 5.37. The van der Waals surface area contributed by atoms with Gasteiger partial charge in [-0.25, -0.2) is 9.78 Å². The van der Waals surface area contributed by atoms with Gasteiger partial charge in [-0.2, -0.15) is 0 Å². The fraction of sp³-hybridized carbons (Fsp3) is 0. The molecule has 2 rings (SSSR count). The van der Waals surface area contributed by atoms with Gasteiger partial charge in [0.1, 0.15) is 5.69 Å². The normalized spacial score (nSPS) is 10.5. The standard InChI is InChI=1S/C13H10N2O3S/c16-12(4-3-10-2-1-7-19-10)15-9-5-6-14-11(8-9)13(17)18/h1-8H,(H,17,18)(H,14,15,16). The number of carboxylic acids is 1. The fourth-order valence-corrected chi connectivity index (χ4v) is 1.97. The molecule has 0 unspecified atom stereocenters. The maximum Gasteiger partial charge on any atom is 0.354 e. The van der Waals surface area contributed by atoms with Crippen LogP contribution in [0.15, 0.2) is 41.9 Å². The summed E-state index contributed by atoms with van der Waals surface area (Å²) >= 11 is 1.52. The molecule has 0 aliphatic heterocycles. The number of hydrogen-bond donors (Lipinski definition) is 2. The molecule has 2 aromatic rings. The lowest BCUT2D eigenvalue weighted by atomic mass is 10.3. The average Bonchev–Trinajstić information content (AvgIpc) is 2.90. The number of anilines is 1. The van der Waals surface area contributed by atoms with Gasteiger partial charge in [-0.3, -0.25) is 4.79 Å². The van der Waals surface area contributed by atoms with Crippen LogP contribution in [-0.4, -0.2) is 22.0 Å². The minimum Gasteiger partial charge on any atom is -0.477 e. The second-order valence-electron chi connectivity index (χ2n) is 3.57. The Morgan fingerprint density at radius 1 is 1.37 bits per heavy atom. The molecule has 19 heavy (non-hydrogen) atoms. The van der Waals surface area contributed by atoms with Gasteiger partial charge in [0.25, 0.3) is 0 Å². The van der Waals surface area contributed by atoms with Crippen LogP contribution < -0.4 is 5.32 Å². The Bertz CT molecular complexity index is 621. The van der Waals surface area contributed by atoms with Crippen LogP contribution in [0.25, 0.3) is 6.08 Å². The first-order valence-corrected chi connectivity index (χ1v) is 6.25. The quantitative estimate of drug-likeness (QED) is 0.839. The Labute approximate surface area is 113 Å². The van der Waals surface area contributed by atoms with Crippen molar-refractivity contribution in [3.63, 3.8) is 0 Å². The number of hydrogen-bond acceptors (Lipinski definition) is 4. The minimum atomic E-state index is -1.13. The molecule has 0 aliphatic rings. The van der Waals surface area contributed by atoms with Crippen LogP contribution in [0.3, 0.4) is 0 Å². The van der Waals surface area contributed by atoms with E-state index in [2.05, 4.69) is 10.3 Å². The van der Waals surface area contributed by atoms with E-state index < -0.39 is 5.97 Å². The second kappa shape index (κ2) is 5.92. The minimum absolute atomic E-state index is 0.111. The lowest BCUT2D eigenvalue weighted by molar-refractivity contribution is -0.111. The Hall–Kier alpha value is -2.47. The van der Waals surface area contributed by atoms with Crippen LogP contribution in [0.2, 0.25) is 0 Å². The largest absolute Gasteiger partial charge is 0.477 e. The average molecular weight is 274 g/mol. The SMILES string of the molecule is O=C(C=Cc1cccs1)Nc1ccnc(C(=O)O)c1. The number of pyridine rings is 1. The van der Waals surface area contributed by atoms with Crippen LogP contribution in [0.5, 0.6) is 0 Å². The van der Waals surface area contributed by atoms with Gasteiger partial charge in [-0.15, -0.1) is 11.3 Å². The molecule has 0 aromatic carbocycles. The van der Waals surface area contributed by atoms with Crippen molar-refractivity contribution >= 4 is 35.0 Å². The summed E-state index contributed by atoms with van der Waals surface area (Å²) in [6.45, 7) is 0. The molecule has 0 spiro atoms. The fourth-order valence-electron chi connectivity index (χ4n) is 1.35. The molecule has 0 saturated carbocycles. The lowest BCUT2D eigenvalue weighted by Crippen LogP contribution is -2.09. The number of nitrogens with one attached hydrogen (secondary N) is 1. The summed E-state index contributed by atoms with van der Waals surface area (Å²) in [6.07, 6.45) is 4.42. The zero-order valence-electron chi connectivity index (χ0n) is 9.74. The molecule has 0 fully saturated rings. The van der Waals surface area contributed by atoms with E-state index in [0.717, 1.165) is 4.88 Å². The summed E-state index contributed by atoms with van der Waals surface area (Å²) < 4.78 is 0. The molecule has 2 aromatic heterocycles. The number of nitrogens with zero attached hydrogens (tertiary/aromatic N) is 1. The smallest absolute Gasteiger partial charge is 0.354 e. The van der Waals surface area contributed by atoms with Crippen molar-refractivity contribution in [2.45, 2.75) is 0 Å². The van der Waals surface area contributed by atoms with Gasteiger partial charge < -0.3 is 10.4 Å². The molecular weight excluding hydrogens is 264 g/mol. The number of carbonyl (C=O) groups excluding carboxylic acids is 1. The number of rotatable bonds is 4. The maximum absolute atomic E-state index is 11.6. The first-order chi connectivity index (χ1) is 9.15. The summed E-state index contributed by atoms with van der Waals surface area (Å²) in [5.74, 6) is -1.46. The number of carboxylic acid groups (broad SMARTS) is 1. The van der Waals surface area contributed by atoms with Crippen molar-refractivity contribution in [2.24, 2.45) is 0 Å². The van der Waals surface area contributed by atoms with Gasteiger partial charge in [-0.1, -0.05) is 6.07 Å². The van der Waals surface area contributed by atoms with Crippen molar-refractivity contribution in [1.29, 1.82) is 0 Å².